The Hall–Kier alpha value is -3.28. The van der Waals surface area contributed by atoms with Gasteiger partial charge in [-0.3, -0.25) is 0 Å². The highest BCUT2D eigenvalue weighted by molar-refractivity contribution is 5.61. The van der Waals surface area contributed by atoms with Gasteiger partial charge < -0.3 is 20.1 Å². The number of para-hydroxylation sites is 1. The van der Waals surface area contributed by atoms with Gasteiger partial charge in [0.1, 0.15) is 23.9 Å². The van der Waals surface area contributed by atoms with Crippen LogP contribution < -0.4 is 20.1 Å². The number of nitrogens with one attached hydrogen (secondary N) is 2. The number of nitrogens with zero attached hydrogens (tertiary/aromatic N) is 2. The van der Waals surface area contributed by atoms with Crippen molar-refractivity contribution in [1.82, 2.24) is 9.97 Å². The zero-order valence-electron chi connectivity index (χ0n) is 17.4. The van der Waals surface area contributed by atoms with Crippen LogP contribution in [0.25, 0.3) is 0 Å². The monoisotopic (exact) mass is 392 g/mol. The Morgan fingerprint density at radius 1 is 0.931 bits per heavy atom. The SMILES string of the molecule is COc1ccc(OCCNc2ccnc(Nc3ccccc3C(C)(C)C)n2)cc1. The summed E-state index contributed by atoms with van der Waals surface area (Å²) in [6, 6.07) is 17.6. The fourth-order valence-electron chi connectivity index (χ4n) is 2.90. The predicted molar refractivity (Wildman–Crippen MR) is 117 cm³/mol. The first kappa shape index (κ1) is 20.5. The molecular weight excluding hydrogens is 364 g/mol. The van der Waals surface area contributed by atoms with Gasteiger partial charge in [-0.05, 0) is 47.4 Å². The normalized spacial score (nSPS) is 11.0. The highest BCUT2D eigenvalue weighted by Crippen LogP contribution is 2.30. The van der Waals surface area contributed by atoms with Gasteiger partial charge in [-0.25, -0.2) is 4.98 Å². The second kappa shape index (κ2) is 9.28. The van der Waals surface area contributed by atoms with Crippen molar-refractivity contribution in [3.8, 4) is 11.5 Å². The van der Waals surface area contributed by atoms with Gasteiger partial charge in [-0.2, -0.15) is 4.98 Å². The molecule has 2 aromatic carbocycles. The largest absolute Gasteiger partial charge is 0.497 e. The standard InChI is InChI=1S/C23H28N4O2/c1-23(2,3)19-7-5-6-8-20(19)26-22-25-14-13-21(27-22)24-15-16-29-18-11-9-17(28-4)10-12-18/h5-14H,15-16H2,1-4H3,(H2,24,25,26,27). The van der Waals surface area contributed by atoms with Crippen LogP contribution in [0.15, 0.2) is 60.8 Å². The Labute approximate surface area is 172 Å². The average molecular weight is 393 g/mol. The van der Waals surface area contributed by atoms with Crippen LogP contribution in [0.1, 0.15) is 26.3 Å². The van der Waals surface area contributed by atoms with Crippen LogP contribution in [0.4, 0.5) is 17.5 Å². The third-order valence-corrected chi connectivity index (χ3v) is 4.37. The molecule has 0 fully saturated rings. The molecule has 2 N–H and O–H groups in total. The minimum Gasteiger partial charge on any atom is -0.497 e. The van der Waals surface area contributed by atoms with E-state index in [4.69, 9.17) is 9.47 Å². The lowest BCUT2D eigenvalue weighted by Crippen LogP contribution is -2.15. The van der Waals surface area contributed by atoms with Gasteiger partial charge in [0.2, 0.25) is 5.95 Å². The number of aromatic nitrogens is 2. The first-order valence-corrected chi connectivity index (χ1v) is 9.66. The number of anilines is 3. The maximum Gasteiger partial charge on any atom is 0.229 e. The first-order valence-electron chi connectivity index (χ1n) is 9.66. The average Bonchev–Trinajstić information content (AvgIpc) is 2.72. The Balaban J connectivity index is 1.56. The minimum absolute atomic E-state index is 0.0260. The van der Waals surface area contributed by atoms with Crippen molar-refractivity contribution in [2.45, 2.75) is 26.2 Å². The number of benzene rings is 2. The van der Waals surface area contributed by atoms with E-state index in [0.717, 1.165) is 23.0 Å². The van der Waals surface area contributed by atoms with Crippen LogP contribution in [0.5, 0.6) is 11.5 Å². The molecule has 0 unspecified atom stereocenters. The predicted octanol–water partition coefficient (Wildman–Crippen LogP) is 5.02. The number of hydrogen-bond donors (Lipinski definition) is 2. The molecule has 3 aromatic rings. The van der Waals surface area contributed by atoms with Crippen molar-refractivity contribution >= 4 is 17.5 Å². The number of methoxy groups -OCH3 is 1. The highest BCUT2D eigenvalue weighted by Gasteiger charge is 2.17. The molecule has 6 heteroatoms. The van der Waals surface area contributed by atoms with E-state index in [2.05, 4.69) is 47.4 Å². The topological polar surface area (TPSA) is 68.3 Å². The molecule has 0 amide bonds. The van der Waals surface area contributed by atoms with E-state index in [0.29, 0.717) is 19.1 Å². The van der Waals surface area contributed by atoms with Crippen LogP contribution in [-0.4, -0.2) is 30.2 Å². The molecule has 0 saturated carbocycles. The van der Waals surface area contributed by atoms with Crippen LogP contribution in [-0.2, 0) is 5.41 Å². The molecule has 0 spiro atoms. The van der Waals surface area contributed by atoms with E-state index in [1.165, 1.54) is 5.56 Å². The van der Waals surface area contributed by atoms with Gasteiger partial charge >= 0.3 is 0 Å². The van der Waals surface area contributed by atoms with Gasteiger partial charge in [0.05, 0.1) is 13.7 Å². The van der Waals surface area contributed by atoms with E-state index in [-0.39, 0.29) is 5.41 Å². The smallest absolute Gasteiger partial charge is 0.229 e. The lowest BCUT2D eigenvalue weighted by Gasteiger charge is -2.23. The molecule has 0 saturated heterocycles. The number of ether oxygens (including phenoxy) is 2. The maximum atomic E-state index is 5.73. The summed E-state index contributed by atoms with van der Waals surface area (Å²) >= 11 is 0. The van der Waals surface area contributed by atoms with Crippen molar-refractivity contribution in [2.24, 2.45) is 0 Å². The summed E-state index contributed by atoms with van der Waals surface area (Å²) in [4.78, 5) is 8.90. The third-order valence-electron chi connectivity index (χ3n) is 4.37. The van der Waals surface area contributed by atoms with Crippen LogP contribution in [0, 0.1) is 0 Å². The fraction of sp³-hybridized carbons (Fsp3) is 0.304. The molecule has 0 radical (unpaired) electrons. The van der Waals surface area contributed by atoms with Crippen molar-refractivity contribution in [1.29, 1.82) is 0 Å². The van der Waals surface area contributed by atoms with Gasteiger partial charge in [-0.15, -0.1) is 0 Å². The molecule has 3 rings (SSSR count). The van der Waals surface area contributed by atoms with Crippen LogP contribution in [0.2, 0.25) is 0 Å². The van der Waals surface area contributed by atoms with Crippen molar-refractivity contribution in [2.75, 3.05) is 30.9 Å². The van der Waals surface area contributed by atoms with Crippen molar-refractivity contribution < 1.29 is 9.47 Å². The molecule has 0 bridgehead atoms. The maximum absolute atomic E-state index is 5.73. The molecule has 0 atom stereocenters. The summed E-state index contributed by atoms with van der Waals surface area (Å²) in [6.07, 6.45) is 1.74. The number of hydrogen-bond acceptors (Lipinski definition) is 6. The summed E-state index contributed by atoms with van der Waals surface area (Å²) in [7, 11) is 1.65. The molecule has 1 aromatic heterocycles. The quantitative estimate of drug-likeness (QED) is 0.525. The van der Waals surface area contributed by atoms with Crippen molar-refractivity contribution in [3.05, 3.63) is 66.4 Å². The third kappa shape index (κ3) is 5.85. The summed E-state index contributed by atoms with van der Waals surface area (Å²) < 4.78 is 10.9. The fourth-order valence-corrected chi connectivity index (χ4v) is 2.90. The minimum atomic E-state index is 0.0260. The molecule has 0 aliphatic rings. The lowest BCUT2D eigenvalue weighted by atomic mass is 9.86. The summed E-state index contributed by atoms with van der Waals surface area (Å²) in [6.45, 7) is 7.71. The summed E-state index contributed by atoms with van der Waals surface area (Å²) in [5.41, 5.74) is 2.26. The van der Waals surface area contributed by atoms with Gasteiger partial charge in [0, 0.05) is 11.9 Å². The van der Waals surface area contributed by atoms with E-state index < -0.39 is 0 Å². The summed E-state index contributed by atoms with van der Waals surface area (Å²) in [5.74, 6) is 2.91. The molecule has 152 valence electrons. The Morgan fingerprint density at radius 3 is 2.38 bits per heavy atom. The zero-order chi connectivity index (χ0) is 20.7. The Bertz CT molecular complexity index is 921. The molecule has 0 aliphatic carbocycles. The highest BCUT2D eigenvalue weighted by atomic mass is 16.5. The molecule has 1 heterocycles. The van der Waals surface area contributed by atoms with E-state index in [9.17, 15) is 0 Å². The molecule has 29 heavy (non-hydrogen) atoms. The molecule has 0 aliphatic heterocycles. The van der Waals surface area contributed by atoms with Gasteiger partial charge in [0.15, 0.2) is 0 Å². The second-order valence-corrected chi connectivity index (χ2v) is 7.64. The Morgan fingerprint density at radius 2 is 1.66 bits per heavy atom. The second-order valence-electron chi connectivity index (χ2n) is 7.64. The zero-order valence-corrected chi connectivity index (χ0v) is 17.4. The van der Waals surface area contributed by atoms with Gasteiger partial charge in [-0.1, -0.05) is 39.0 Å². The molecular formula is C23H28N4O2. The van der Waals surface area contributed by atoms with Crippen molar-refractivity contribution in [3.63, 3.8) is 0 Å². The van der Waals surface area contributed by atoms with E-state index >= 15 is 0 Å². The first-order chi connectivity index (χ1) is 14.0. The summed E-state index contributed by atoms with van der Waals surface area (Å²) in [5, 5.41) is 6.61. The van der Waals surface area contributed by atoms with Gasteiger partial charge in [0.25, 0.3) is 0 Å². The lowest BCUT2D eigenvalue weighted by molar-refractivity contribution is 0.331. The van der Waals surface area contributed by atoms with Crippen LogP contribution in [0.3, 0.4) is 0 Å². The molecule has 6 nitrogen and oxygen atoms in total. The van der Waals surface area contributed by atoms with E-state index in [1.54, 1.807) is 13.3 Å². The number of rotatable bonds is 8. The Kier molecular flexibility index (Phi) is 6.54. The van der Waals surface area contributed by atoms with Crippen LogP contribution >= 0.6 is 0 Å². The van der Waals surface area contributed by atoms with E-state index in [1.807, 2.05) is 48.5 Å².